The van der Waals surface area contributed by atoms with Crippen LogP contribution < -0.4 is 21.5 Å². The molecule has 0 unspecified atom stereocenters. The third-order valence-corrected chi connectivity index (χ3v) is 5.25. The largest absolute Gasteiger partial charge is 0.397 e. The van der Waals surface area contributed by atoms with E-state index < -0.39 is 17.7 Å². The van der Waals surface area contributed by atoms with Crippen LogP contribution in [0.25, 0.3) is 10.8 Å². The Labute approximate surface area is 195 Å². The van der Waals surface area contributed by atoms with E-state index in [2.05, 4.69) is 10.9 Å². The van der Waals surface area contributed by atoms with Crippen LogP contribution in [-0.4, -0.2) is 35.8 Å². The average molecular weight is 464 g/mol. The fraction of sp³-hybridized carbons (Fsp3) is 0.125. The number of aldehydes is 1. The Bertz CT molecular complexity index is 1330. The molecule has 0 saturated heterocycles. The monoisotopic (exact) mass is 464 g/mol. The number of urea groups is 1. The molecule has 3 aromatic rings. The van der Waals surface area contributed by atoms with Gasteiger partial charge in [-0.1, -0.05) is 30.2 Å². The van der Waals surface area contributed by atoms with Crippen LogP contribution in [0, 0.1) is 24.0 Å². The Morgan fingerprint density at radius 2 is 1.85 bits per heavy atom. The lowest BCUT2D eigenvalue weighted by atomic mass is 10.1. The molecule has 0 radical (unpaired) electrons. The lowest BCUT2D eigenvalue weighted by Gasteiger charge is -2.30. The van der Waals surface area contributed by atoms with Crippen molar-refractivity contribution in [2.75, 3.05) is 29.2 Å². The molecule has 0 aliphatic carbocycles. The number of nitrogen functional groups attached to an aromatic ring is 1. The normalized spacial score (nSPS) is 11.4. The molecule has 174 valence electrons. The number of nitrogens with two attached hydrogens (primary N) is 2. The zero-order valence-electron chi connectivity index (χ0n) is 18.5. The lowest BCUT2D eigenvalue weighted by molar-refractivity contribution is -0.105. The second kappa shape index (κ2) is 9.97. The lowest BCUT2D eigenvalue weighted by Crippen LogP contribution is -2.43. The molecule has 3 rings (SSSR count). The number of hydrogen-bond acceptors (Lipinski definition) is 6. The van der Waals surface area contributed by atoms with Gasteiger partial charge in [0.05, 0.1) is 29.8 Å². The highest BCUT2D eigenvalue weighted by Gasteiger charge is 2.26. The first kappa shape index (κ1) is 24.2. The van der Waals surface area contributed by atoms with Gasteiger partial charge in [0.25, 0.3) is 0 Å². The summed E-state index contributed by atoms with van der Waals surface area (Å²) in [5.74, 6) is 6.03. The molecule has 0 aliphatic rings. The van der Waals surface area contributed by atoms with Gasteiger partial charge in [-0.2, -0.15) is 0 Å². The first-order valence-corrected chi connectivity index (χ1v) is 9.98. The van der Waals surface area contributed by atoms with Crippen LogP contribution in [0.4, 0.5) is 30.6 Å². The first-order valence-electron chi connectivity index (χ1n) is 9.98. The molecule has 8 nitrogen and oxygen atoms in total. The summed E-state index contributed by atoms with van der Waals surface area (Å²) in [4.78, 5) is 32.1. The molecular weight excluding hydrogens is 442 g/mol. The van der Waals surface area contributed by atoms with E-state index in [1.54, 1.807) is 6.20 Å². The second-order valence-corrected chi connectivity index (χ2v) is 7.30. The van der Waals surface area contributed by atoms with Gasteiger partial charge in [-0.3, -0.25) is 24.6 Å². The molecule has 0 atom stereocenters. The van der Waals surface area contributed by atoms with Gasteiger partial charge in [0.15, 0.2) is 17.9 Å². The van der Waals surface area contributed by atoms with Crippen molar-refractivity contribution in [2.45, 2.75) is 6.92 Å². The average Bonchev–Trinajstić information content (AvgIpc) is 2.83. The van der Waals surface area contributed by atoms with Crippen molar-refractivity contribution in [3.63, 3.8) is 0 Å². The number of benzene rings is 2. The molecule has 0 spiro atoms. The number of rotatable bonds is 6. The van der Waals surface area contributed by atoms with Crippen LogP contribution in [-0.2, 0) is 4.79 Å². The van der Waals surface area contributed by atoms with Gasteiger partial charge in [0.2, 0.25) is 0 Å². The SMILES string of the molecule is C#CCN(C(=O)N(C)c1cncc2ccccc12)/C(C)=C(\C=O)N(N)c1cc(F)c(F)cc1N. The summed E-state index contributed by atoms with van der Waals surface area (Å²) < 4.78 is 27.3. The highest BCUT2D eigenvalue weighted by Crippen LogP contribution is 2.29. The molecule has 0 saturated carbocycles. The highest BCUT2D eigenvalue weighted by molar-refractivity contribution is 6.03. The molecule has 2 aromatic carbocycles. The maximum absolute atomic E-state index is 13.8. The topological polar surface area (TPSA) is 109 Å². The number of anilines is 3. The number of aromatic nitrogens is 1. The number of amides is 2. The van der Waals surface area contributed by atoms with Crippen molar-refractivity contribution in [1.82, 2.24) is 9.88 Å². The van der Waals surface area contributed by atoms with Gasteiger partial charge >= 0.3 is 6.03 Å². The maximum atomic E-state index is 13.8. The van der Waals surface area contributed by atoms with Crippen LogP contribution in [0.1, 0.15) is 6.92 Å². The highest BCUT2D eigenvalue weighted by atomic mass is 19.2. The molecule has 1 heterocycles. The second-order valence-electron chi connectivity index (χ2n) is 7.30. The standard InChI is InChI=1S/C24H22F2N6O2/c1-4-9-31(24(34)30(3)22-13-29-12-16-7-5-6-8-17(16)22)15(2)23(14-33)32(28)21-11-19(26)18(25)10-20(21)27/h1,5-8,10-14H,9,27-28H2,2-3H3/b23-15+. The van der Waals surface area contributed by atoms with Crippen LogP contribution in [0.5, 0.6) is 0 Å². The zero-order valence-corrected chi connectivity index (χ0v) is 18.5. The van der Waals surface area contributed by atoms with Gasteiger partial charge in [-0.05, 0) is 6.92 Å². The van der Waals surface area contributed by atoms with Crippen molar-refractivity contribution in [2.24, 2.45) is 5.84 Å². The minimum absolute atomic E-state index is 0.0737. The van der Waals surface area contributed by atoms with E-state index >= 15 is 0 Å². The van der Waals surface area contributed by atoms with Crippen molar-refractivity contribution in [1.29, 1.82) is 0 Å². The summed E-state index contributed by atoms with van der Waals surface area (Å²) in [7, 11) is 1.54. The minimum Gasteiger partial charge on any atom is -0.397 e. The number of halogens is 2. The fourth-order valence-corrected chi connectivity index (χ4v) is 3.42. The van der Waals surface area contributed by atoms with Crippen molar-refractivity contribution in [3.8, 4) is 12.3 Å². The van der Waals surface area contributed by atoms with Gasteiger partial charge < -0.3 is 5.73 Å². The van der Waals surface area contributed by atoms with Gasteiger partial charge in [0, 0.05) is 41.8 Å². The predicted octanol–water partition coefficient (Wildman–Crippen LogP) is 3.40. The summed E-state index contributed by atoms with van der Waals surface area (Å²) in [5.41, 5.74) is 5.74. The number of allylic oxidation sites excluding steroid dienone is 2. The molecule has 34 heavy (non-hydrogen) atoms. The Hall–Kier alpha value is -4.49. The van der Waals surface area contributed by atoms with E-state index in [9.17, 15) is 18.4 Å². The van der Waals surface area contributed by atoms with Crippen molar-refractivity contribution < 1.29 is 18.4 Å². The van der Waals surface area contributed by atoms with Crippen LogP contribution in [0.3, 0.4) is 0 Å². The summed E-state index contributed by atoms with van der Waals surface area (Å²) in [6.07, 6.45) is 9.05. The quantitative estimate of drug-likeness (QED) is 0.145. The van der Waals surface area contributed by atoms with E-state index in [4.69, 9.17) is 18.0 Å². The van der Waals surface area contributed by atoms with Crippen LogP contribution in [0.2, 0.25) is 0 Å². The number of hydrazine groups is 1. The molecule has 4 N–H and O–H groups in total. The number of carbonyl (C=O) groups is 2. The van der Waals surface area contributed by atoms with Crippen molar-refractivity contribution in [3.05, 3.63) is 71.8 Å². The summed E-state index contributed by atoms with van der Waals surface area (Å²) in [5, 5.41) is 2.38. The fourth-order valence-electron chi connectivity index (χ4n) is 3.42. The molecule has 10 heteroatoms. The summed E-state index contributed by atoms with van der Waals surface area (Å²) in [6, 6.07) is 8.31. The molecule has 0 fully saturated rings. The summed E-state index contributed by atoms with van der Waals surface area (Å²) in [6.45, 7) is 1.25. The Morgan fingerprint density at radius 1 is 1.18 bits per heavy atom. The first-order chi connectivity index (χ1) is 16.2. The number of hydrogen-bond donors (Lipinski definition) is 2. The van der Waals surface area contributed by atoms with E-state index in [0.29, 0.717) is 12.0 Å². The summed E-state index contributed by atoms with van der Waals surface area (Å²) >= 11 is 0. The predicted molar refractivity (Wildman–Crippen MR) is 127 cm³/mol. The Balaban J connectivity index is 2.05. The maximum Gasteiger partial charge on any atom is 0.329 e. The van der Waals surface area contributed by atoms with E-state index in [0.717, 1.165) is 32.8 Å². The van der Waals surface area contributed by atoms with E-state index in [1.807, 2.05) is 24.3 Å². The van der Waals surface area contributed by atoms with E-state index in [-0.39, 0.29) is 29.3 Å². The minimum atomic E-state index is -1.21. The van der Waals surface area contributed by atoms with Gasteiger partial charge in [0.1, 0.15) is 5.70 Å². The molecule has 2 amide bonds. The van der Waals surface area contributed by atoms with Crippen LogP contribution >= 0.6 is 0 Å². The Kier molecular flexibility index (Phi) is 7.09. The molecule has 0 aliphatic heterocycles. The number of nitrogens with zero attached hydrogens (tertiary/aromatic N) is 4. The van der Waals surface area contributed by atoms with Gasteiger partial charge in [-0.15, -0.1) is 6.42 Å². The zero-order chi connectivity index (χ0) is 25.0. The molecule has 0 bridgehead atoms. The van der Waals surface area contributed by atoms with Gasteiger partial charge in [-0.25, -0.2) is 19.4 Å². The molecule has 1 aromatic heterocycles. The number of pyridine rings is 1. The third-order valence-electron chi connectivity index (χ3n) is 5.25. The molecular formula is C24H22F2N6O2. The van der Waals surface area contributed by atoms with Crippen molar-refractivity contribution >= 4 is 40.2 Å². The van der Waals surface area contributed by atoms with Crippen LogP contribution in [0.15, 0.2) is 60.2 Å². The number of carbonyl (C=O) groups excluding carboxylic acids is 2. The third kappa shape index (κ3) is 4.51. The smallest absolute Gasteiger partial charge is 0.329 e. The number of fused-ring (bicyclic) bond motifs is 1. The number of terminal acetylenes is 1. The van der Waals surface area contributed by atoms with E-state index in [1.165, 1.54) is 25.1 Å². The Morgan fingerprint density at radius 3 is 2.53 bits per heavy atom.